The van der Waals surface area contributed by atoms with Gasteiger partial charge in [0.05, 0.1) is 5.69 Å². The zero-order chi connectivity index (χ0) is 11.7. The number of carbonyl (C=O) groups is 2. The van der Waals surface area contributed by atoms with Gasteiger partial charge in [0, 0.05) is 6.92 Å². The van der Waals surface area contributed by atoms with E-state index in [0.717, 1.165) is 0 Å². The Morgan fingerprint density at radius 2 is 1.94 bits per heavy atom. The lowest BCUT2D eigenvalue weighted by atomic mass is 10.3. The fraction of sp³-hybridized carbons (Fsp3) is 0.182. The van der Waals surface area contributed by atoms with Crippen molar-refractivity contribution >= 4 is 34.8 Å². The summed E-state index contributed by atoms with van der Waals surface area (Å²) < 4.78 is 0. The van der Waals surface area contributed by atoms with Crippen LogP contribution in [0.25, 0.3) is 0 Å². The van der Waals surface area contributed by atoms with Crippen LogP contribution in [0.4, 0.5) is 5.69 Å². The van der Waals surface area contributed by atoms with Crippen molar-refractivity contribution in [2.45, 2.75) is 6.92 Å². The second-order valence-electron chi connectivity index (χ2n) is 3.45. The van der Waals surface area contributed by atoms with Crippen molar-refractivity contribution < 1.29 is 9.59 Å². The van der Waals surface area contributed by atoms with Gasteiger partial charge in [-0.15, -0.1) is 0 Å². The van der Waals surface area contributed by atoms with Crippen molar-refractivity contribution in [3.63, 3.8) is 0 Å². The molecule has 1 aliphatic heterocycles. The first-order valence-electron chi connectivity index (χ1n) is 4.81. The molecule has 1 heterocycles. The van der Waals surface area contributed by atoms with Crippen LogP contribution in [0.15, 0.2) is 30.3 Å². The molecule has 1 aromatic rings. The highest BCUT2D eigenvalue weighted by Gasteiger charge is 2.35. The molecule has 16 heavy (non-hydrogen) atoms. The number of amides is 2. The van der Waals surface area contributed by atoms with E-state index >= 15 is 0 Å². The van der Waals surface area contributed by atoms with Gasteiger partial charge in [-0.25, -0.2) is 0 Å². The maximum Gasteiger partial charge on any atom is 0.253 e. The van der Waals surface area contributed by atoms with Gasteiger partial charge in [-0.3, -0.25) is 19.4 Å². The number of rotatable bonds is 1. The standard InChI is InChI=1S/C11H10N2O2S/c1-8(14)12-7-10(15)13(11(12)16)9-5-3-2-4-6-9/h2-6H,7H2,1H3. The van der Waals surface area contributed by atoms with E-state index in [1.54, 1.807) is 12.1 Å². The number of nitrogens with zero attached hydrogens (tertiary/aromatic N) is 2. The molecule has 2 amide bonds. The Bertz CT molecular complexity index is 458. The first-order valence-corrected chi connectivity index (χ1v) is 5.22. The third-order valence-electron chi connectivity index (χ3n) is 2.36. The minimum absolute atomic E-state index is 0.0308. The highest BCUT2D eigenvalue weighted by Crippen LogP contribution is 2.20. The topological polar surface area (TPSA) is 40.6 Å². The Kier molecular flexibility index (Phi) is 2.70. The summed E-state index contributed by atoms with van der Waals surface area (Å²) in [5.41, 5.74) is 0.696. The summed E-state index contributed by atoms with van der Waals surface area (Å²) in [6, 6.07) is 9.07. The molecule has 0 atom stereocenters. The SMILES string of the molecule is CC(=O)N1CC(=O)N(c2ccccc2)C1=S. The Morgan fingerprint density at radius 1 is 1.31 bits per heavy atom. The summed E-state index contributed by atoms with van der Waals surface area (Å²) >= 11 is 5.11. The normalized spacial score (nSPS) is 15.8. The molecule has 5 heteroatoms. The third kappa shape index (κ3) is 1.69. The van der Waals surface area contributed by atoms with Gasteiger partial charge < -0.3 is 0 Å². The molecule has 1 aromatic carbocycles. The van der Waals surface area contributed by atoms with Gasteiger partial charge in [-0.2, -0.15) is 0 Å². The van der Waals surface area contributed by atoms with Crippen LogP contribution >= 0.6 is 12.2 Å². The minimum Gasteiger partial charge on any atom is -0.279 e. The van der Waals surface area contributed by atoms with Crippen LogP contribution in [0.2, 0.25) is 0 Å². The van der Waals surface area contributed by atoms with Crippen LogP contribution in [0.3, 0.4) is 0 Å². The van der Waals surface area contributed by atoms with Crippen LogP contribution in [0, 0.1) is 0 Å². The lowest BCUT2D eigenvalue weighted by Gasteiger charge is -2.17. The fourth-order valence-corrected chi connectivity index (χ4v) is 1.98. The van der Waals surface area contributed by atoms with Crippen LogP contribution in [-0.2, 0) is 9.59 Å². The van der Waals surface area contributed by atoms with Crippen molar-refractivity contribution in [1.29, 1.82) is 0 Å². The lowest BCUT2D eigenvalue weighted by molar-refractivity contribution is -0.127. The molecule has 0 aliphatic carbocycles. The summed E-state index contributed by atoms with van der Waals surface area (Å²) in [7, 11) is 0. The second kappa shape index (κ2) is 4.02. The van der Waals surface area contributed by atoms with Crippen molar-refractivity contribution in [1.82, 2.24) is 4.90 Å². The highest BCUT2D eigenvalue weighted by molar-refractivity contribution is 7.80. The molecular formula is C11H10N2O2S. The molecule has 0 spiro atoms. The Labute approximate surface area is 98.5 Å². The minimum atomic E-state index is -0.211. The molecule has 82 valence electrons. The van der Waals surface area contributed by atoms with Gasteiger partial charge in [0.1, 0.15) is 6.54 Å². The fourth-order valence-electron chi connectivity index (χ4n) is 1.58. The maximum absolute atomic E-state index is 11.7. The first-order chi connectivity index (χ1) is 7.61. The van der Waals surface area contributed by atoms with Gasteiger partial charge in [0.15, 0.2) is 5.11 Å². The summed E-state index contributed by atoms with van der Waals surface area (Å²) in [6.07, 6.45) is 0. The molecule has 4 nitrogen and oxygen atoms in total. The number of anilines is 1. The smallest absolute Gasteiger partial charge is 0.253 e. The Balaban J connectivity index is 2.34. The Hall–Kier alpha value is -1.75. The maximum atomic E-state index is 11.7. The van der Waals surface area contributed by atoms with Crippen molar-refractivity contribution in [3.8, 4) is 0 Å². The molecule has 0 radical (unpaired) electrons. The molecule has 1 saturated heterocycles. The number of para-hydroxylation sites is 1. The quantitative estimate of drug-likeness (QED) is 0.685. The molecular weight excluding hydrogens is 224 g/mol. The Morgan fingerprint density at radius 3 is 2.44 bits per heavy atom. The molecule has 2 rings (SSSR count). The molecule has 0 bridgehead atoms. The molecule has 0 N–H and O–H groups in total. The zero-order valence-electron chi connectivity index (χ0n) is 8.71. The summed E-state index contributed by atoms with van der Waals surface area (Å²) in [5.74, 6) is -0.386. The van der Waals surface area contributed by atoms with Crippen LogP contribution in [-0.4, -0.2) is 28.4 Å². The molecule has 1 aliphatic rings. The van der Waals surface area contributed by atoms with Gasteiger partial charge >= 0.3 is 0 Å². The number of hydrogen-bond donors (Lipinski definition) is 0. The van der Waals surface area contributed by atoms with E-state index in [1.807, 2.05) is 18.2 Å². The first kappa shape index (κ1) is 10.8. The van der Waals surface area contributed by atoms with E-state index in [4.69, 9.17) is 12.2 Å². The van der Waals surface area contributed by atoms with Gasteiger partial charge in [0.25, 0.3) is 5.91 Å². The third-order valence-corrected chi connectivity index (χ3v) is 2.76. The summed E-state index contributed by atoms with van der Waals surface area (Å²) in [4.78, 5) is 25.7. The molecule has 0 saturated carbocycles. The van der Waals surface area contributed by atoms with E-state index in [-0.39, 0.29) is 23.5 Å². The van der Waals surface area contributed by atoms with Crippen molar-refractivity contribution in [2.24, 2.45) is 0 Å². The van der Waals surface area contributed by atoms with Crippen molar-refractivity contribution in [2.75, 3.05) is 11.4 Å². The average Bonchev–Trinajstić information content (AvgIpc) is 2.56. The van der Waals surface area contributed by atoms with Gasteiger partial charge in [-0.1, -0.05) is 18.2 Å². The number of benzene rings is 1. The van der Waals surface area contributed by atoms with Crippen molar-refractivity contribution in [3.05, 3.63) is 30.3 Å². The highest BCUT2D eigenvalue weighted by atomic mass is 32.1. The van der Waals surface area contributed by atoms with E-state index in [1.165, 1.54) is 16.7 Å². The van der Waals surface area contributed by atoms with Gasteiger partial charge in [0.2, 0.25) is 5.91 Å². The number of carbonyl (C=O) groups excluding carboxylic acids is 2. The second-order valence-corrected chi connectivity index (χ2v) is 3.82. The monoisotopic (exact) mass is 234 g/mol. The molecule has 0 unspecified atom stereocenters. The number of thiocarbonyl (C=S) groups is 1. The summed E-state index contributed by atoms with van der Waals surface area (Å²) in [5, 5.41) is 0.253. The number of hydrogen-bond acceptors (Lipinski definition) is 3. The molecule has 0 aromatic heterocycles. The predicted molar refractivity (Wildman–Crippen MR) is 63.9 cm³/mol. The lowest BCUT2D eigenvalue weighted by Crippen LogP contribution is -2.35. The average molecular weight is 234 g/mol. The van der Waals surface area contributed by atoms with Gasteiger partial charge in [-0.05, 0) is 24.4 Å². The van der Waals surface area contributed by atoms with E-state index in [2.05, 4.69) is 0 Å². The van der Waals surface area contributed by atoms with Crippen LogP contribution in [0.5, 0.6) is 0 Å². The largest absolute Gasteiger partial charge is 0.279 e. The zero-order valence-corrected chi connectivity index (χ0v) is 9.53. The van der Waals surface area contributed by atoms with E-state index < -0.39 is 0 Å². The molecule has 1 fully saturated rings. The predicted octanol–water partition coefficient (Wildman–Crippen LogP) is 1.17. The van der Waals surface area contributed by atoms with Crippen LogP contribution < -0.4 is 4.90 Å². The summed E-state index contributed by atoms with van der Waals surface area (Å²) in [6.45, 7) is 1.43. The van der Waals surface area contributed by atoms with Crippen LogP contribution in [0.1, 0.15) is 6.92 Å². The van der Waals surface area contributed by atoms with E-state index in [9.17, 15) is 9.59 Å². The van der Waals surface area contributed by atoms with E-state index in [0.29, 0.717) is 5.69 Å².